The quantitative estimate of drug-likeness (QED) is 0.820. The highest BCUT2D eigenvalue weighted by atomic mass is 32.2. The van der Waals surface area contributed by atoms with Crippen molar-refractivity contribution in [2.75, 3.05) is 19.8 Å². The van der Waals surface area contributed by atoms with E-state index in [9.17, 15) is 13.5 Å². The second-order valence-electron chi connectivity index (χ2n) is 6.84. The Balaban J connectivity index is 1.55. The fourth-order valence-corrected chi connectivity index (χ4v) is 4.74. The second kappa shape index (κ2) is 7.95. The molecule has 1 fully saturated rings. The second-order valence-corrected chi connectivity index (χ2v) is 8.61. The van der Waals surface area contributed by atoms with E-state index in [1.54, 1.807) is 6.07 Å². The van der Waals surface area contributed by atoms with Gasteiger partial charge in [-0.2, -0.15) is 0 Å². The highest BCUT2D eigenvalue weighted by Gasteiger charge is 2.23. The number of benzene rings is 1. The van der Waals surface area contributed by atoms with Crippen LogP contribution in [0.3, 0.4) is 0 Å². The standard InChI is InChI=1S/C18H27NO4S/c20-18(15-8-11-23-12-9-15)7-10-19-24(21,22)17-6-5-14-3-1-2-4-16(14)13-17/h5-6,13,15,18-20H,1-4,7-12H2. The zero-order valence-electron chi connectivity index (χ0n) is 14.0. The maximum atomic E-state index is 12.5. The molecule has 24 heavy (non-hydrogen) atoms. The van der Waals surface area contributed by atoms with Gasteiger partial charge in [0.15, 0.2) is 0 Å². The first-order chi connectivity index (χ1) is 11.6. The zero-order valence-corrected chi connectivity index (χ0v) is 14.9. The Morgan fingerprint density at radius 1 is 1.17 bits per heavy atom. The Hall–Kier alpha value is -0.950. The number of hydrogen-bond donors (Lipinski definition) is 2. The van der Waals surface area contributed by atoms with Crippen molar-refractivity contribution in [3.8, 4) is 0 Å². The van der Waals surface area contributed by atoms with Crippen LogP contribution in [0.2, 0.25) is 0 Å². The molecule has 1 aromatic carbocycles. The van der Waals surface area contributed by atoms with E-state index in [-0.39, 0.29) is 12.5 Å². The minimum atomic E-state index is -3.51. The van der Waals surface area contributed by atoms with E-state index in [1.165, 1.54) is 12.0 Å². The summed E-state index contributed by atoms with van der Waals surface area (Å²) in [6.07, 6.45) is 5.97. The number of nitrogens with one attached hydrogen (secondary N) is 1. The summed E-state index contributed by atoms with van der Waals surface area (Å²) in [5.74, 6) is 0.215. The van der Waals surface area contributed by atoms with Gasteiger partial charge in [-0.25, -0.2) is 13.1 Å². The Kier molecular flexibility index (Phi) is 5.92. The molecule has 2 N–H and O–H groups in total. The van der Waals surface area contributed by atoms with Crippen molar-refractivity contribution in [3.05, 3.63) is 29.3 Å². The molecule has 1 unspecified atom stereocenters. The smallest absolute Gasteiger partial charge is 0.240 e. The maximum absolute atomic E-state index is 12.5. The first-order valence-corrected chi connectivity index (χ1v) is 10.4. The van der Waals surface area contributed by atoms with Crippen molar-refractivity contribution >= 4 is 10.0 Å². The molecule has 1 aliphatic heterocycles. The molecule has 5 nitrogen and oxygen atoms in total. The van der Waals surface area contributed by atoms with E-state index in [2.05, 4.69) is 4.72 Å². The third-order valence-corrected chi connectivity index (χ3v) is 6.63. The van der Waals surface area contributed by atoms with Crippen LogP contribution in [0, 0.1) is 5.92 Å². The number of aryl methyl sites for hydroxylation is 2. The lowest BCUT2D eigenvalue weighted by Crippen LogP contribution is -2.32. The molecule has 1 atom stereocenters. The average Bonchev–Trinajstić information content (AvgIpc) is 2.62. The number of aliphatic hydroxyl groups is 1. The highest BCUT2D eigenvalue weighted by molar-refractivity contribution is 7.89. The van der Waals surface area contributed by atoms with Gasteiger partial charge in [-0.05, 0) is 74.1 Å². The molecule has 134 valence electrons. The summed E-state index contributed by atoms with van der Waals surface area (Å²) in [5, 5.41) is 10.2. The fraction of sp³-hybridized carbons (Fsp3) is 0.667. The van der Waals surface area contributed by atoms with Crippen molar-refractivity contribution in [2.45, 2.75) is 55.9 Å². The van der Waals surface area contributed by atoms with Crippen LogP contribution in [-0.2, 0) is 27.6 Å². The normalized spacial score (nSPS) is 20.5. The summed E-state index contributed by atoms with van der Waals surface area (Å²) in [6.45, 7) is 1.63. The first kappa shape index (κ1) is 17.9. The van der Waals surface area contributed by atoms with Crippen LogP contribution in [-0.4, -0.2) is 39.4 Å². The van der Waals surface area contributed by atoms with E-state index in [0.29, 0.717) is 24.5 Å². The van der Waals surface area contributed by atoms with Gasteiger partial charge in [0.1, 0.15) is 0 Å². The molecule has 6 heteroatoms. The molecular weight excluding hydrogens is 326 g/mol. The summed E-state index contributed by atoms with van der Waals surface area (Å²) in [7, 11) is -3.51. The van der Waals surface area contributed by atoms with Crippen LogP contribution < -0.4 is 4.72 Å². The molecule has 0 saturated carbocycles. The molecule has 2 aliphatic rings. The molecule has 0 bridgehead atoms. The van der Waals surface area contributed by atoms with Gasteiger partial charge >= 0.3 is 0 Å². The van der Waals surface area contributed by atoms with Crippen molar-refractivity contribution in [1.82, 2.24) is 4.72 Å². The number of fused-ring (bicyclic) bond motifs is 1. The largest absolute Gasteiger partial charge is 0.393 e. The number of sulfonamides is 1. The van der Waals surface area contributed by atoms with E-state index >= 15 is 0 Å². The molecule has 0 aromatic heterocycles. The topological polar surface area (TPSA) is 75.6 Å². The summed E-state index contributed by atoms with van der Waals surface area (Å²) in [5.41, 5.74) is 2.43. The van der Waals surface area contributed by atoms with E-state index in [0.717, 1.165) is 37.7 Å². The summed E-state index contributed by atoms with van der Waals surface area (Å²) in [6, 6.07) is 5.45. The number of ether oxygens (including phenoxy) is 1. The van der Waals surface area contributed by atoms with Crippen LogP contribution in [0.1, 0.15) is 43.2 Å². The fourth-order valence-electron chi connectivity index (χ4n) is 3.64. The van der Waals surface area contributed by atoms with Crippen LogP contribution in [0.4, 0.5) is 0 Å². The van der Waals surface area contributed by atoms with Gasteiger partial charge in [0.25, 0.3) is 0 Å². The Morgan fingerprint density at radius 2 is 1.88 bits per heavy atom. The van der Waals surface area contributed by atoms with Gasteiger partial charge in [0.05, 0.1) is 11.0 Å². The first-order valence-electron chi connectivity index (χ1n) is 8.93. The summed E-state index contributed by atoms with van der Waals surface area (Å²) in [4.78, 5) is 0.337. The number of hydrogen-bond acceptors (Lipinski definition) is 4. The minimum Gasteiger partial charge on any atom is -0.393 e. The monoisotopic (exact) mass is 353 g/mol. The summed E-state index contributed by atoms with van der Waals surface area (Å²) >= 11 is 0. The molecule has 0 spiro atoms. The molecule has 1 heterocycles. The van der Waals surface area contributed by atoms with Crippen molar-refractivity contribution in [2.24, 2.45) is 5.92 Å². The Bertz CT molecular complexity index is 653. The third kappa shape index (κ3) is 4.36. The van der Waals surface area contributed by atoms with Crippen LogP contribution in [0.15, 0.2) is 23.1 Å². The predicted molar refractivity (Wildman–Crippen MR) is 92.4 cm³/mol. The molecular formula is C18H27NO4S. The lowest BCUT2D eigenvalue weighted by Gasteiger charge is -2.26. The summed E-state index contributed by atoms with van der Waals surface area (Å²) < 4.78 is 32.8. The molecule has 1 saturated heterocycles. The molecule has 0 radical (unpaired) electrons. The van der Waals surface area contributed by atoms with Gasteiger partial charge < -0.3 is 9.84 Å². The average molecular weight is 353 g/mol. The van der Waals surface area contributed by atoms with Crippen molar-refractivity contribution in [1.29, 1.82) is 0 Å². The molecule has 0 amide bonds. The van der Waals surface area contributed by atoms with Gasteiger partial charge in [0, 0.05) is 19.8 Å². The van der Waals surface area contributed by atoms with E-state index in [1.807, 2.05) is 12.1 Å². The highest BCUT2D eigenvalue weighted by Crippen LogP contribution is 2.24. The lowest BCUT2D eigenvalue weighted by atomic mass is 9.92. The Labute approximate surface area is 144 Å². The predicted octanol–water partition coefficient (Wildman–Crippen LogP) is 2.02. The molecule has 1 aromatic rings. The SMILES string of the molecule is O=S(=O)(NCCC(O)C1CCOCC1)c1ccc2c(c1)CCCC2. The van der Waals surface area contributed by atoms with Crippen LogP contribution in [0.25, 0.3) is 0 Å². The molecule has 1 aliphatic carbocycles. The maximum Gasteiger partial charge on any atom is 0.240 e. The lowest BCUT2D eigenvalue weighted by molar-refractivity contribution is 0.00567. The van der Waals surface area contributed by atoms with E-state index in [4.69, 9.17) is 4.74 Å². The Morgan fingerprint density at radius 3 is 2.62 bits per heavy atom. The zero-order chi connectivity index (χ0) is 17.0. The third-order valence-electron chi connectivity index (χ3n) is 5.17. The van der Waals surface area contributed by atoms with Crippen molar-refractivity contribution < 1.29 is 18.3 Å². The number of aliphatic hydroxyl groups excluding tert-OH is 1. The van der Waals surface area contributed by atoms with Gasteiger partial charge in [-0.15, -0.1) is 0 Å². The van der Waals surface area contributed by atoms with Crippen molar-refractivity contribution in [3.63, 3.8) is 0 Å². The van der Waals surface area contributed by atoms with Gasteiger partial charge in [0.2, 0.25) is 10.0 Å². The number of rotatable bonds is 6. The van der Waals surface area contributed by atoms with Gasteiger partial charge in [-0.1, -0.05) is 6.07 Å². The van der Waals surface area contributed by atoms with Crippen LogP contribution >= 0.6 is 0 Å². The van der Waals surface area contributed by atoms with E-state index < -0.39 is 16.1 Å². The minimum absolute atomic E-state index is 0.215. The van der Waals surface area contributed by atoms with Gasteiger partial charge in [-0.3, -0.25) is 0 Å². The van der Waals surface area contributed by atoms with Crippen LogP contribution in [0.5, 0.6) is 0 Å². The molecule has 3 rings (SSSR count).